The number of rotatable bonds is 6. The van der Waals surface area contributed by atoms with Crippen LogP contribution in [0.1, 0.15) is 26.2 Å². The number of aliphatic hydroxyl groups excluding tert-OH is 1. The quantitative estimate of drug-likeness (QED) is 0.784. The van der Waals surface area contributed by atoms with E-state index in [0.29, 0.717) is 37.8 Å². The summed E-state index contributed by atoms with van der Waals surface area (Å²) < 4.78 is 13.7. The molecule has 5 nitrogen and oxygen atoms in total. The van der Waals surface area contributed by atoms with Crippen molar-refractivity contribution in [3.8, 4) is 0 Å². The Morgan fingerprint density at radius 3 is 2.71 bits per heavy atom. The molecule has 1 atom stereocenters. The summed E-state index contributed by atoms with van der Waals surface area (Å²) >= 11 is 0. The molecule has 0 saturated carbocycles. The SMILES string of the molecule is CC(O)C1CCN(C(=O)NCCCN(C)c2ccccc2F)CC1. The molecule has 1 aromatic rings. The lowest BCUT2D eigenvalue weighted by molar-refractivity contribution is 0.0798. The van der Waals surface area contributed by atoms with Gasteiger partial charge in [-0.2, -0.15) is 0 Å². The van der Waals surface area contributed by atoms with E-state index in [0.717, 1.165) is 19.3 Å². The van der Waals surface area contributed by atoms with Crippen LogP contribution in [0.15, 0.2) is 24.3 Å². The molecule has 2 amide bonds. The summed E-state index contributed by atoms with van der Waals surface area (Å²) in [5.41, 5.74) is 0.573. The van der Waals surface area contributed by atoms with E-state index in [2.05, 4.69) is 5.32 Å². The number of urea groups is 1. The number of piperidine rings is 1. The molecule has 2 N–H and O–H groups in total. The van der Waals surface area contributed by atoms with Crippen molar-refractivity contribution in [2.75, 3.05) is 38.1 Å². The number of nitrogens with zero attached hydrogens (tertiary/aromatic N) is 2. The smallest absolute Gasteiger partial charge is 0.317 e. The summed E-state index contributed by atoms with van der Waals surface area (Å²) in [6.45, 7) is 4.43. The Hall–Kier alpha value is -1.82. The van der Waals surface area contributed by atoms with Crippen LogP contribution in [0.5, 0.6) is 0 Å². The van der Waals surface area contributed by atoms with E-state index in [-0.39, 0.29) is 18.0 Å². The lowest BCUT2D eigenvalue weighted by Crippen LogP contribution is -2.46. The largest absolute Gasteiger partial charge is 0.393 e. The van der Waals surface area contributed by atoms with Gasteiger partial charge in [0.15, 0.2) is 0 Å². The fourth-order valence-corrected chi connectivity index (χ4v) is 3.09. The minimum absolute atomic E-state index is 0.0485. The number of carbonyl (C=O) groups is 1. The van der Waals surface area contributed by atoms with E-state index in [1.165, 1.54) is 6.07 Å². The first kappa shape index (κ1) is 18.5. The number of para-hydroxylation sites is 1. The van der Waals surface area contributed by atoms with E-state index in [1.807, 2.05) is 24.9 Å². The van der Waals surface area contributed by atoms with Crippen molar-refractivity contribution in [2.45, 2.75) is 32.3 Å². The van der Waals surface area contributed by atoms with Gasteiger partial charge < -0.3 is 20.2 Å². The third-order valence-corrected chi connectivity index (χ3v) is 4.72. The number of hydrogen-bond acceptors (Lipinski definition) is 3. The second-order valence-electron chi connectivity index (χ2n) is 6.52. The van der Waals surface area contributed by atoms with Crippen molar-refractivity contribution in [1.82, 2.24) is 10.2 Å². The Bertz CT molecular complexity index is 531. The standard InChI is InChI=1S/C18H28FN3O2/c1-14(23)15-8-12-22(13-9-15)18(24)20-10-5-11-21(2)17-7-4-3-6-16(17)19/h3-4,6-7,14-15,23H,5,8-13H2,1-2H3,(H,20,24). The Kier molecular flexibility index (Phi) is 6.85. The zero-order valence-electron chi connectivity index (χ0n) is 14.5. The summed E-state index contributed by atoms with van der Waals surface area (Å²) in [6, 6.07) is 6.64. The molecule has 0 bridgehead atoms. The van der Waals surface area contributed by atoms with Crippen molar-refractivity contribution >= 4 is 11.7 Å². The third kappa shape index (κ3) is 5.09. The molecule has 1 aliphatic heterocycles. The van der Waals surface area contributed by atoms with Crippen LogP contribution in [-0.2, 0) is 0 Å². The molecule has 1 aliphatic rings. The van der Waals surface area contributed by atoms with Gasteiger partial charge in [-0.05, 0) is 44.2 Å². The molecule has 134 valence electrons. The van der Waals surface area contributed by atoms with Gasteiger partial charge in [0.25, 0.3) is 0 Å². The number of likely N-dealkylation sites (tertiary alicyclic amines) is 1. The van der Waals surface area contributed by atoms with Crippen LogP contribution in [0.2, 0.25) is 0 Å². The topological polar surface area (TPSA) is 55.8 Å². The number of hydrogen-bond donors (Lipinski definition) is 2. The van der Waals surface area contributed by atoms with Gasteiger partial charge in [0.1, 0.15) is 5.82 Å². The van der Waals surface area contributed by atoms with Crippen molar-refractivity contribution < 1.29 is 14.3 Å². The van der Waals surface area contributed by atoms with Crippen LogP contribution in [0.3, 0.4) is 0 Å². The maximum atomic E-state index is 13.7. The molecule has 1 fully saturated rings. The van der Waals surface area contributed by atoms with E-state index in [4.69, 9.17) is 0 Å². The van der Waals surface area contributed by atoms with Crippen LogP contribution in [0.25, 0.3) is 0 Å². The molecule has 24 heavy (non-hydrogen) atoms. The highest BCUT2D eigenvalue weighted by Gasteiger charge is 2.25. The fourth-order valence-electron chi connectivity index (χ4n) is 3.09. The highest BCUT2D eigenvalue weighted by atomic mass is 19.1. The number of benzene rings is 1. The Labute approximate surface area is 143 Å². The summed E-state index contributed by atoms with van der Waals surface area (Å²) in [5.74, 6) is 0.0634. The second kappa shape index (κ2) is 8.87. The van der Waals surface area contributed by atoms with Gasteiger partial charge in [0.2, 0.25) is 0 Å². The van der Waals surface area contributed by atoms with Gasteiger partial charge >= 0.3 is 6.03 Å². The Morgan fingerprint density at radius 1 is 1.42 bits per heavy atom. The number of aliphatic hydroxyl groups is 1. The average Bonchev–Trinajstić information content (AvgIpc) is 2.58. The maximum absolute atomic E-state index is 13.7. The molecule has 0 aromatic heterocycles. The third-order valence-electron chi connectivity index (χ3n) is 4.72. The highest BCUT2D eigenvalue weighted by molar-refractivity contribution is 5.74. The van der Waals surface area contributed by atoms with Crippen molar-refractivity contribution in [3.63, 3.8) is 0 Å². The van der Waals surface area contributed by atoms with Crippen LogP contribution >= 0.6 is 0 Å². The average molecular weight is 337 g/mol. The first-order chi connectivity index (χ1) is 11.5. The van der Waals surface area contributed by atoms with E-state index < -0.39 is 0 Å². The molecule has 1 unspecified atom stereocenters. The normalized spacial score (nSPS) is 16.8. The molecule has 0 radical (unpaired) electrons. The molecule has 2 rings (SSSR count). The Balaban J connectivity index is 1.66. The van der Waals surface area contributed by atoms with Crippen molar-refractivity contribution in [2.24, 2.45) is 5.92 Å². The van der Waals surface area contributed by atoms with Crippen LogP contribution in [-0.4, -0.2) is 55.4 Å². The minimum atomic E-state index is -0.302. The predicted molar refractivity (Wildman–Crippen MR) is 93.7 cm³/mol. The van der Waals surface area contributed by atoms with Crippen LogP contribution in [0.4, 0.5) is 14.9 Å². The first-order valence-corrected chi connectivity index (χ1v) is 8.65. The van der Waals surface area contributed by atoms with Gasteiger partial charge in [-0.25, -0.2) is 9.18 Å². The number of amides is 2. The minimum Gasteiger partial charge on any atom is -0.393 e. The van der Waals surface area contributed by atoms with Crippen molar-refractivity contribution in [3.05, 3.63) is 30.1 Å². The maximum Gasteiger partial charge on any atom is 0.317 e. The van der Waals surface area contributed by atoms with Gasteiger partial charge in [0.05, 0.1) is 11.8 Å². The molecule has 0 spiro atoms. The number of nitrogens with one attached hydrogen (secondary N) is 1. The lowest BCUT2D eigenvalue weighted by atomic mass is 9.92. The van der Waals surface area contributed by atoms with E-state index >= 15 is 0 Å². The lowest BCUT2D eigenvalue weighted by Gasteiger charge is -2.33. The van der Waals surface area contributed by atoms with E-state index in [9.17, 15) is 14.3 Å². The van der Waals surface area contributed by atoms with Gasteiger partial charge in [-0.15, -0.1) is 0 Å². The zero-order chi connectivity index (χ0) is 17.5. The molecule has 6 heteroatoms. The molecular weight excluding hydrogens is 309 g/mol. The number of anilines is 1. The van der Waals surface area contributed by atoms with Crippen molar-refractivity contribution in [1.29, 1.82) is 0 Å². The van der Waals surface area contributed by atoms with E-state index in [1.54, 1.807) is 17.0 Å². The van der Waals surface area contributed by atoms with Crippen LogP contribution < -0.4 is 10.2 Å². The summed E-state index contributed by atoms with van der Waals surface area (Å²) in [5, 5.41) is 12.5. The summed E-state index contributed by atoms with van der Waals surface area (Å²) in [7, 11) is 1.85. The zero-order valence-corrected chi connectivity index (χ0v) is 14.5. The van der Waals surface area contributed by atoms with Crippen LogP contribution in [0, 0.1) is 11.7 Å². The summed E-state index contributed by atoms with van der Waals surface area (Å²) in [6.07, 6.45) is 2.15. The Morgan fingerprint density at radius 2 is 2.08 bits per heavy atom. The second-order valence-corrected chi connectivity index (χ2v) is 6.52. The molecule has 1 heterocycles. The number of halogens is 1. The summed E-state index contributed by atoms with van der Waals surface area (Å²) in [4.78, 5) is 15.8. The first-order valence-electron chi connectivity index (χ1n) is 8.65. The molecular formula is C18H28FN3O2. The molecule has 1 saturated heterocycles. The fraction of sp³-hybridized carbons (Fsp3) is 0.611. The highest BCUT2D eigenvalue weighted by Crippen LogP contribution is 2.20. The monoisotopic (exact) mass is 337 g/mol. The van der Waals surface area contributed by atoms with Gasteiger partial charge in [-0.3, -0.25) is 0 Å². The number of carbonyl (C=O) groups excluding carboxylic acids is 1. The predicted octanol–water partition coefficient (Wildman–Crippen LogP) is 2.45. The van der Waals surface area contributed by atoms with Gasteiger partial charge in [-0.1, -0.05) is 12.1 Å². The molecule has 1 aromatic carbocycles. The molecule has 0 aliphatic carbocycles. The van der Waals surface area contributed by atoms with Gasteiger partial charge in [0, 0.05) is 33.2 Å².